The standard InChI is InChI=1S/C23H24F2N4O4S.CH4/c1-13-4-5-34(31,11-13)29-15-7-16(25)22-18(8-15)26-12-27-23(22)28-17-3-2-14(24)6-20(17)33-21-10-32-9-19(21)30;/h2-3,6-8,12-13,19,21,30H,4-5,9-11H2,1H3,(H,26,27,28);1H4/t13?,19-,21+,34?;/m0./s1. The molecule has 188 valence electrons. The predicted molar refractivity (Wildman–Crippen MR) is 131 cm³/mol. The average molecular weight is 507 g/mol. The molecule has 8 nitrogen and oxygen atoms in total. The average Bonchev–Trinajstić information content (AvgIpc) is 3.34. The van der Waals surface area contributed by atoms with Crippen LogP contribution in [0.4, 0.5) is 26.0 Å². The molecule has 1 aromatic heterocycles. The number of hydrogen-bond donors (Lipinski definition) is 2. The van der Waals surface area contributed by atoms with E-state index in [2.05, 4.69) is 19.6 Å². The lowest BCUT2D eigenvalue weighted by Crippen LogP contribution is -2.30. The molecular weight excluding hydrogens is 478 g/mol. The minimum atomic E-state index is -2.41. The van der Waals surface area contributed by atoms with Crippen LogP contribution in [0, 0.1) is 17.6 Å². The van der Waals surface area contributed by atoms with Crippen LogP contribution in [0.1, 0.15) is 20.8 Å². The number of nitrogens with zero attached hydrogens (tertiary/aromatic N) is 3. The highest BCUT2D eigenvalue weighted by molar-refractivity contribution is 7.94. The van der Waals surface area contributed by atoms with E-state index in [1.54, 1.807) is 6.07 Å². The highest BCUT2D eigenvalue weighted by Gasteiger charge is 2.29. The van der Waals surface area contributed by atoms with Gasteiger partial charge in [0, 0.05) is 23.6 Å². The highest BCUT2D eigenvalue weighted by Crippen LogP contribution is 2.35. The second-order valence-corrected chi connectivity index (χ2v) is 11.2. The van der Waals surface area contributed by atoms with Crippen molar-refractivity contribution in [2.75, 3.05) is 30.0 Å². The van der Waals surface area contributed by atoms with Crippen molar-refractivity contribution < 1.29 is 27.6 Å². The molecule has 2 aliphatic rings. The van der Waals surface area contributed by atoms with E-state index in [1.807, 2.05) is 6.92 Å². The summed E-state index contributed by atoms with van der Waals surface area (Å²) < 4.78 is 57.4. The molecule has 5 rings (SSSR count). The Morgan fingerprint density at radius 2 is 2.06 bits per heavy atom. The first kappa shape index (κ1) is 25.2. The monoisotopic (exact) mass is 506 g/mol. The molecule has 2 N–H and O–H groups in total. The number of hydrogen-bond acceptors (Lipinski definition) is 8. The van der Waals surface area contributed by atoms with E-state index in [-0.39, 0.29) is 48.8 Å². The van der Waals surface area contributed by atoms with Crippen LogP contribution in [0.15, 0.2) is 41.0 Å². The molecule has 4 atom stereocenters. The van der Waals surface area contributed by atoms with Crippen molar-refractivity contribution in [3.63, 3.8) is 0 Å². The summed E-state index contributed by atoms with van der Waals surface area (Å²) in [5, 5.41) is 13.1. The first-order valence-corrected chi connectivity index (χ1v) is 12.8. The van der Waals surface area contributed by atoms with Gasteiger partial charge in [0.05, 0.1) is 45.2 Å². The van der Waals surface area contributed by atoms with E-state index in [9.17, 15) is 13.7 Å². The zero-order chi connectivity index (χ0) is 23.9. The molecule has 11 heteroatoms. The second kappa shape index (κ2) is 10.00. The van der Waals surface area contributed by atoms with Crippen LogP contribution >= 0.6 is 0 Å². The van der Waals surface area contributed by atoms with Crippen molar-refractivity contribution in [1.82, 2.24) is 9.97 Å². The van der Waals surface area contributed by atoms with Gasteiger partial charge in [-0.3, -0.25) is 0 Å². The molecule has 0 saturated carbocycles. The van der Waals surface area contributed by atoms with Gasteiger partial charge in [-0.25, -0.2) is 23.0 Å². The van der Waals surface area contributed by atoms with Crippen molar-refractivity contribution in [3.05, 3.63) is 48.3 Å². The van der Waals surface area contributed by atoms with E-state index in [0.29, 0.717) is 23.1 Å². The van der Waals surface area contributed by atoms with Gasteiger partial charge in [-0.15, -0.1) is 0 Å². The summed E-state index contributed by atoms with van der Waals surface area (Å²) in [6.45, 7) is 2.32. The van der Waals surface area contributed by atoms with Crippen molar-refractivity contribution in [3.8, 4) is 5.75 Å². The van der Waals surface area contributed by atoms with E-state index in [0.717, 1.165) is 6.42 Å². The van der Waals surface area contributed by atoms with E-state index in [1.165, 1.54) is 30.6 Å². The van der Waals surface area contributed by atoms with Gasteiger partial charge in [0.15, 0.2) is 6.10 Å². The smallest absolute Gasteiger partial charge is 0.150 e. The first-order valence-electron chi connectivity index (χ1n) is 11.0. The second-order valence-electron chi connectivity index (χ2n) is 8.70. The molecule has 3 aromatic rings. The number of benzene rings is 2. The van der Waals surface area contributed by atoms with Crippen molar-refractivity contribution >= 4 is 37.8 Å². The maximum Gasteiger partial charge on any atom is 0.150 e. The van der Waals surface area contributed by atoms with Gasteiger partial charge in [0.25, 0.3) is 0 Å². The van der Waals surface area contributed by atoms with Crippen molar-refractivity contribution in [1.29, 1.82) is 0 Å². The molecule has 2 aliphatic heterocycles. The molecule has 2 unspecified atom stereocenters. The van der Waals surface area contributed by atoms with Crippen molar-refractivity contribution in [2.24, 2.45) is 10.3 Å². The Kier molecular flexibility index (Phi) is 7.20. The number of anilines is 2. The third-order valence-electron chi connectivity index (χ3n) is 5.90. The predicted octanol–water partition coefficient (Wildman–Crippen LogP) is 4.57. The summed E-state index contributed by atoms with van der Waals surface area (Å²) in [4.78, 5) is 8.32. The molecule has 0 amide bonds. The van der Waals surface area contributed by atoms with Gasteiger partial charge in [0.1, 0.15) is 35.6 Å². The van der Waals surface area contributed by atoms with Gasteiger partial charge < -0.3 is 19.9 Å². The van der Waals surface area contributed by atoms with E-state index < -0.39 is 33.6 Å². The van der Waals surface area contributed by atoms with Gasteiger partial charge in [-0.1, -0.05) is 14.4 Å². The molecule has 2 saturated heterocycles. The maximum absolute atomic E-state index is 15.2. The van der Waals surface area contributed by atoms with Crippen LogP contribution in [-0.2, 0) is 14.5 Å². The Morgan fingerprint density at radius 3 is 2.77 bits per heavy atom. The Bertz CT molecular complexity index is 1360. The quantitative estimate of drug-likeness (QED) is 0.522. The fourth-order valence-corrected chi connectivity index (χ4v) is 6.82. The highest BCUT2D eigenvalue weighted by atomic mass is 32.2. The maximum atomic E-state index is 15.2. The summed E-state index contributed by atoms with van der Waals surface area (Å²) in [5.74, 6) is 0.430. The summed E-state index contributed by atoms with van der Waals surface area (Å²) in [7, 11) is -2.41. The third kappa shape index (κ3) is 5.36. The number of fused-ring (bicyclic) bond motifs is 1. The normalized spacial score (nSPS) is 25.9. The van der Waals surface area contributed by atoms with Crippen LogP contribution in [0.25, 0.3) is 10.9 Å². The van der Waals surface area contributed by atoms with Crippen molar-refractivity contribution in [2.45, 2.75) is 33.0 Å². The molecule has 3 heterocycles. The number of aliphatic hydroxyl groups excluding tert-OH is 1. The number of ether oxygens (including phenoxy) is 2. The van der Waals surface area contributed by atoms with Crippen LogP contribution in [0.5, 0.6) is 5.75 Å². The molecule has 35 heavy (non-hydrogen) atoms. The summed E-state index contributed by atoms with van der Waals surface area (Å²) in [6, 6.07) is 6.64. The number of nitrogens with one attached hydrogen (secondary N) is 1. The van der Waals surface area contributed by atoms with Gasteiger partial charge in [-0.2, -0.15) is 4.36 Å². The molecule has 0 aliphatic carbocycles. The fourth-order valence-electron chi connectivity index (χ4n) is 4.17. The topological polar surface area (TPSA) is 106 Å². The molecule has 2 aromatic carbocycles. The Labute approximate surface area is 202 Å². The van der Waals surface area contributed by atoms with E-state index in [4.69, 9.17) is 9.47 Å². The third-order valence-corrected chi connectivity index (χ3v) is 8.40. The largest absolute Gasteiger partial charge is 0.483 e. The van der Waals surface area contributed by atoms with Crippen LogP contribution in [0.3, 0.4) is 0 Å². The lowest BCUT2D eigenvalue weighted by molar-refractivity contribution is 0.0736. The number of rotatable bonds is 5. The molecule has 0 spiro atoms. The van der Waals surface area contributed by atoms with Crippen LogP contribution in [-0.4, -0.2) is 56.2 Å². The molecule has 0 bridgehead atoms. The minimum Gasteiger partial charge on any atom is -0.483 e. The number of halogens is 2. The molecule has 2 fully saturated rings. The summed E-state index contributed by atoms with van der Waals surface area (Å²) in [6.07, 6.45) is 0.598. The minimum absolute atomic E-state index is 0. The van der Waals surface area contributed by atoms with Crippen LogP contribution in [0.2, 0.25) is 0 Å². The summed E-state index contributed by atoms with van der Waals surface area (Å²) >= 11 is 0. The van der Waals surface area contributed by atoms with Gasteiger partial charge in [0.2, 0.25) is 0 Å². The fraction of sp³-hybridized carbons (Fsp3) is 0.417. The summed E-state index contributed by atoms with van der Waals surface area (Å²) in [5.41, 5.74) is 0.890. The van der Waals surface area contributed by atoms with Gasteiger partial charge in [-0.05, 0) is 30.5 Å². The lowest BCUT2D eigenvalue weighted by atomic mass is 10.2. The zero-order valence-corrected chi connectivity index (χ0v) is 19.2. The molecule has 0 radical (unpaired) electrons. The number of aliphatic hydroxyl groups is 1. The van der Waals surface area contributed by atoms with Crippen LogP contribution < -0.4 is 10.1 Å². The van der Waals surface area contributed by atoms with E-state index >= 15 is 4.39 Å². The lowest BCUT2D eigenvalue weighted by Gasteiger charge is -2.19. The Morgan fingerprint density at radius 1 is 1.23 bits per heavy atom. The van der Waals surface area contributed by atoms with Gasteiger partial charge >= 0.3 is 0 Å². The zero-order valence-electron chi connectivity index (χ0n) is 18.4. The Hall–Kier alpha value is -2.89. The Balaban J connectivity index is 0.00000289. The number of aromatic nitrogens is 2. The SMILES string of the molecule is C.CC1CCS(=O)(=Nc2cc(F)c3c(Nc4ccc(F)cc4O[C@@H]4COC[C@@H]4O)ncnc3c2)C1. The first-order chi connectivity index (χ1) is 16.3. The molecular formula is C24H28F2N4O4S.